The summed E-state index contributed by atoms with van der Waals surface area (Å²) in [5.41, 5.74) is 8.68. The fraction of sp³-hybridized carbons (Fsp3) is 0.353. The predicted octanol–water partition coefficient (Wildman–Crippen LogP) is 9.63. The maximum Gasteiger partial charge on any atom is 0.340 e. The van der Waals surface area contributed by atoms with Crippen LogP contribution in [0.4, 0.5) is 0 Å². The standard InChI is InChI=1S/C21H24N2O4S.C15H20N2O4S.C14H18N2O2.CH4/c1-14(2)26-18-9-7-17(8-10-18)13-20-16(4)22-23-21(20)27-28(24,25)19-11-5-15(3)6-12-19;1-10(2)20-13-7-5-12(6-8-13)9-14-11(3)16-17-15(14)21-22(4,18)19;1-9(2)18-12-6-4-11(5-7-12)8-13-10(3)15-16-14(13)17;/h5-12,14H,13H2,1-4H3,(H,22,23);5-8,10H,9H2,1-4H3,(H,16,17);4-7,9H,8H2,1-3H3,(H2,15,16,17);1H4. The highest BCUT2D eigenvalue weighted by molar-refractivity contribution is 7.87. The molecule has 4 N–H and O–H groups in total. The monoisotopic (exact) mass is 986 g/mol. The van der Waals surface area contributed by atoms with Gasteiger partial charge in [0, 0.05) is 53.0 Å². The molecule has 0 aliphatic carbocycles. The van der Waals surface area contributed by atoms with Gasteiger partial charge in [-0.05, 0) is 134 Å². The summed E-state index contributed by atoms with van der Waals surface area (Å²) in [6.07, 6.45) is 3.04. The minimum atomic E-state index is -3.95. The number of aromatic amines is 4. The number of nitrogens with one attached hydrogen (secondary N) is 4. The lowest BCUT2D eigenvalue weighted by molar-refractivity contribution is 0.242. The lowest BCUT2D eigenvalue weighted by Crippen LogP contribution is -2.11. The Balaban J connectivity index is 0.000000229. The highest BCUT2D eigenvalue weighted by Crippen LogP contribution is 2.28. The average molecular weight is 987 g/mol. The molecule has 0 atom stereocenters. The van der Waals surface area contributed by atoms with E-state index in [9.17, 15) is 21.6 Å². The van der Waals surface area contributed by atoms with Gasteiger partial charge in [0.2, 0.25) is 0 Å². The second-order valence-electron chi connectivity index (χ2n) is 17.0. The summed E-state index contributed by atoms with van der Waals surface area (Å²) >= 11 is 0. The van der Waals surface area contributed by atoms with Crippen molar-refractivity contribution in [3.05, 3.63) is 163 Å². The van der Waals surface area contributed by atoms with Crippen molar-refractivity contribution in [1.29, 1.82) is 0 Å². The quantitative estimate of drug-likeness (QED) is 0.0627. The number of benzene rings is 4. The van der Waals surface area contributed by atoms with Gasteiger partial charge in [0.25, 0.3) is 17.3 Å². The summed E-state index contributed by atoms with van der Waals surface area (Å²) in [5.74, 6) is 2.62. The molecule has 4 aromatic carbocycles. The highest BCUT2D eigenvalue weighted by Gasteiger charge is 2.22. The van der Waals surface area contributed by atoms with Crippen LogP contribution in [0.5, 0.6) is 29.0 Å². The first kappa shape index (κ1) is 54.8. The van der Waals surface area contributed by atoms with Crippen LogP contribution in [0.2, 0.25) is 0 Å². The van der Waals surface area contributed by atoms with Crippen LogP contribution < -0.4 is 28.1 Å². The van der Waals surface area contributed by atoms with E-state index in [0.717, 1.165) is 74.0 Å². The summed E-state index contributed by atoms with van der Waals surface area (Å²) in [5, 5.41) is 18.9. The van der Waals surface area contributed by atoms with Crippen LogP contribution in [0.15, 0.2) is 107 Å². The summed E-state index contributed by atoms with van der Waals surface area (Å²) in [6, 6.07) is 29.7. The zero-order chi connectivity index (χ0) is 49.8. The Morgan fingerprint density at radius 2 is 0.855 bits per heavy atom. The molecule has 7 rings (SSSR count). The second kappa shape index (κ2) is 24.5. The van der Waals surface area contributed by atoms with Gasteiger partial charge in [0.05, 0.1) is 24.6 Å². The Morgan fingerprint density at radius 1 is 0.493 bits per heavy atom. The minimum Gasteiger partial charge on any atom is -0.491 e. The lowest BCUT2D eigenvalue weighted by Gasteiger charge is -2.10. The molecule has 0 saturated carbocycles. The topological polar surface area (TPSA) is 220 Å². The van der Waals surface area contributed by atoms with Crippen LogP contribution in [-0.4, -0.2) is 72.0 Å². The molecule has 372 valence electrons. The van der Waals surface area contributed by atoms with Gasteiger partial charge < -0.3 is 27.7 Å². The maximum atomic E-state index is 12.6. The van der Waals surface area contributed by atoms with E-state index in [4.69, 9.17) is 22.6 Å². The molecule has 16 nitrogen and oxygen atoms in total. The third-order valence-corrected chi connectivity index (χ3v) is 11.6. The van der Waals surface area contributed by atoms with Crippen LogP contribution in [0.1, 0.15) is 105 Å². The first-order valence-electron chi connectivity index (χ1n) is 22.1. The van der Waals surface area contributed by atoms with Crippen LogP contribution >= 0.6 is 0 Å². The number of hydrogen-bond acceptors (Lipinski definition) is 12. The van der Waals surface area contributed by atoms with E-state index in [2.05, 4.69) is 30.6 Å². The van der Waals surface area contributed by atoms with E-state index in [0.29, 0.717) is 24.8 Å². The molecule has 0 aliphatic rings. The maximum absolute atomic E-state index is 12.6. The Kier molecular flexibility index (Phi) is 19.4. The van der Waals surface area contributed by atoms with Crippen LogP contribution in [0.3, 0.4) is 0 Å². The van der Waals surface area contributed by atoms with E-state index in [1.54, 1.807) is 12.1 Å². The van der Waals surface area contributed by atoms with Gasteiger partial charge in [-0.25, -0.2) is 0 Å². The molecular weight excluding hydrogens is 921 g/mol. The molecule has 0 bridgehead atoms. The second-order valence-corrected chi connectivity index (χ2v) is 20.2. The molecule has 0 aliphatic heterocycles. The molecule has 69 heavy (non-hydrogen) atoms. The van der Waals surface area contributed by atoms with Gasteiger partial charge in [-0.2, -0.15) is 16.8 Å². The first-order valence-corrected chi connectivity index (χ1v) is 25.3. The summed E-state index contributed by atoms with van der Waals surface area (Å²) in [6.45, 7) is 19.3. The van der Waals surface area contributed by atoms with Gasteiger partial charge in [-0.15, -0.1) is 10.2 Å². The van der Waals surface area contributed by atoms with Crippen LogP contribution in [0, 0.1) is 27.7 Å². The zero-order valence-electron chi connectivity index (χ0n) is 40.4. The Morgan fingerprint density at radius 3 is 1.19 bits per heavy atom. The molecule has 0 amide bonds. The Bertz CT molecular complexity index is 2970. The van der Waals surface area contributed by atoms with Crippen molar-refractivity contribution >= 4 is 20.2 Å². The molecule has 0 spiro atoms. The Hall–Kier alpha value is -6.79. The van der Waals surface area contributed by atoms with E-state index < -0.39 is 20.2 Å². The van der Waals surface area contributed by atoms with Crippen molar-refractivity contribution in [2.45, 2.75) is 119 Å². The predicted molar refractivity (Wildman–Crippen MR) is 269 cm³/mol. The normalized spacial score (nSPS) is 11.3. The van der Waals surface area contributed by atoms with Crippen molar-refractivity contribution in [3.63, 3.8) is 0 Å². The highest BCUT2D eigenvalue weighted by atomic mass is 32.2. The number of ether oxygens (including phenoxy) is 3. The summed E-state index contributed by atoms with van der Waals surface area (Å²) < 4.78 is 74.8. The number of hydrogen-bond donors (Lipinski definition) is 4. The molecule has 0 unspecified atom stereocenters. The molecule has 18 heteroatoms. The molecule has 7 aromatic rings. The SMILES string of the molecule is C.Cc1[nH][nH]c(=O)c1Cc1ccc(OC(C)C)cc1.Cc1[nH]nc(OS(C)(=O)=O)c1Cc1ccc(OC(C)C)cc1.Cc1ccc(S(=O)(=O)Oc2n[nH]c(C)c2Cc2ccc(OC(C)C)cc2)cc1. The van der Waals surface area contributed by atoms with Gasteiger partial charge in [-0.1, -0.05) is 61.5 Å². The Labute approximate surface area is 406 Å². The van der Waals surface area contributed by atoms with Crippen molar-refractivity contribution in [3.8, 4) is 29.0 Å². The van der Waals surface area contributed by atoms with E-state index in [1.165, 1.54) is 12.1 Å². The smallest absolute Gasteiger partial charge is 0.340 e. The number of aryl methyl sites for hydroxylation is 4. The summed E-state index contributed by atoms with van der Waals surface area (Å²) in [7, 11) is -7.56. The minimum absolute atomic E-state index is 0. The third-order valence-electron chi connectivity index (χ3n) is 9.92. The molecule has 3 aromatic heterocycles. The molecule has 3 heterocycles. The first-order chi connectivity index (χ1) is 32.0. The van der Waals surface area contributed by atoms with Crippen molar-refractivity contribution in [1.82, 2.24) is 30.6 Å². The van der Waals surface area contributed by atoms with E-state index in [-0.39, 0.29) is 48.0 Å². The van der Waals surface area contributed by atoms with Crippen molar-refractivity contribution in [2.24, 2.45) is 0 Å². The van der Waals surface area contributed by atoms with E-state index >= 15 is 0 Å². The van der Waals surface area contributed by atoms with Gasteiger partial charge >= 0.3 is 20.2 Å². The number of aromatic nitrogens is 6. The van der Waals surface area contributed by atoms with Crippen molar-refractivity contribution in [2.75, 3.05) is 6.26 Å². The fourth-order valence-corrected chi connectivity index (χ4v) is 7.92. The van der Waals surface area contributed by atoms with Gasteiger partial charge in [-0.3, -0.25) is 20.1 Å². The lowest BCUT2D eigenvalue weighted by atomic mass is 10.1. The van der Waals surface area contributed by atoms with Gasteiger partial charge in [0.1, 0.15) is 22.1 Å². The van der Waals surface area contributed by atoms with Crippen LogP contribution in [-0.2, 0) is 39.5 Å². The number of H-pyrrole nitrogens is 4. The molecule has 0 saturated heterocycles. The largest absolute Gasteiger partial charge is 0.491 e. The van der Waals surface area contributed by atoms with Crippen LogP contribution in [0.25, 0.3) is 0 Å². The fourth-order valence-electron chi connectivity index (χ4n) is 6.59. The van der Waals surface area contributed by atoms with E-state index in [1.807, 2.05) is 142 Å². The summed E-state index contributed by atoms with van der Waals surface area (Å²) in [4.78, 5) is 11.6. The molecular formula is C51H66N6O10S2. The molecule has 0 radical (unpaired) electrons. The average Bonchev–Trinajstić information content (AvgIpc) is 3.89. The third kappa shape index (κ3) is 17.0. The van der Waals surface area contributed by atoms with Crippen molar-refractivity contribution < 1.29 is 39.4 Å². The number of nitrogens with zero attached hydrogens (tertiary/aromatic N) is 2. The zero-order valence-corrected chi connectivity index (χ0v) is 42.0. The number of rotatable bonds is 17. The van der Waals surface area contributed by atoms with Gasteiger partial charge in [0.15, 0.2) is 0 Å². The molecule has 0 fully saturated rings.